The third kappa shape index (κ3) is 3.10. The Morgan fingerprint density at radius 2 is 1.77 bits per heavy atom. The molecule has 2 N–H and O–H groups in total. The Labute approximate surface area is 128 Å². The molecule has 2 amide bonds. The smallest absolute Gasteiger partial charge is 0.339 e. The second-order valence-corrected chi connectivity index (χ2v) is 5.76. The highest BCUT2D eigenvalue weighted by Gasteiger charge is 2.49. The van der Waals surface area contributed by atoms with Crippen molar-refractivity contribution in [1.29, 1.82) is 0 Å². The first-order valence-electron chi connectivity index (χ1n) is 7.38. The van der Waals surface area contributed by atoms with Gasteiger partial charge in [0.15, 0.2) is 0 Å². The third-order valence-electron chi connectivity index (χ3n) is 3.98. The molecule has 0 aromatic heterocycles. The minimum Gasteiger partial charge on any atom is -0.465 e. The number of nitrogens with one attached hydrogen (secondary N) is 2. The Kier molecular flexibility index (Phi) is 3.83. The number of hydrogen-bond acceptors (Lipinski definition) is 4. The molecule has 0 radical (unpaired) electrons. The maximum atomic E-state index is 12.2. The SMILES string of the molecule is COC(=O)c1ccccc1NC(=O)C1CC1C(=O)NC1CC1. The van der Waals surface area contributed by atoms with Crippen molar-refractivity contribution in [3.8, 4) is 0 Å². The van der Waals surface area contributed by atoms with Crippen molar-refractivity contribution in [2.45, 2.75) is 25.3 Å². The van der Waals surface area contributed by atoms with Gasteiger partial charge in [-0.05, 0) is 31.4 Å². The van der Waals surface area contributed by atoms with Gasteiger partial charge in [-0.15, -0.1) is 0 Å². The number of benzene rings is 1. The van der Waals surface area contributed by atoms with Crippen LogP contribution in [0.2, 0.25) is 0 Å². The van der Waals surface area contributed by atoms with E-state index in [4.69, 9.17) is 4.74 Å². The number of hydrogen-bond donors (Lipinski definition) is 2. The number of amides is 2. The van der Waals surface area contributed by atoms with Crippen LogP contribution >= 0.6 is 0 Å². The highest BCUT2D eigenvalue weighted by Crippen LogP contribution is 2.40. The third-order valence-corrected chi connectivity index (χ3v) is 3.98. The van der Waals surface area contributed by atoms with Crippen molar-refractivity contribution >= 4 is 23.5 Å². The molecule has 6 heteroatoms. The van der Waals surface area contributed by atoms with Crippen LogP contribution in [0.1, 0.15) is 29.6 Å². The molecule has 2 unspecified atom stereocenters. The van der Waals surface area contributed by atoms with Gasteiger partial charge in [0.05, 0.1) is 30.2 Å². The van der Waals surface area contributed by atoms with Crippen LogP contribution in [0.3, 0.4) is 0 Å². The standard InChI is InChI=1S/C16H18N2O4/c1-22-16(21)10-4-2-3-5-13(10)18-15(20)12-8-11(12)14(19)17-9-6-7-9/h2-5,9,11-12H,6-8H2,1H3,(H,17,19)(H,18,20). The summed E-state index contributed by atoms with van der Waals surface area (Å²) in [5, 5.41) is 5.63. The highest BCUT2D eigenvalue weighted by molar-refractivity contribution is 6.04. The van der Waals surface area contributed by atoms with Crippen LogP contribution in [0.25, 0.3) is 0 Å². The van der Waals surface area contributed by atoms with E-state index in [9.17, 15) is 14.4 Å². The molecule has 2 fully saturated rings. The van der Waals surface area contributed by atoms with E-state index in [1.165, 1.54) is 7.11 Å². The van der Waals surface area contributed by atoms with Gasteiger partial charge in [0.1, 0.15) is 0 Å². The maximum Gasteiger partial charge on any atom is 0.339 e. The lowest BCUT2D eigenvalue weighted by Gasteiger charge is -2.09. The van der Waals surface area contributed by atoms with Gasteiger partial charge < -0.3 is 15.4 Å². The first kappa shape index (κ1) is 14.6. The minimum absolute atomic E-state index is 0.0381. The van der Waals surface area contributed by atoms with Gasteiger partial charge in [-0.3, -0.25) is 9.59 Å². The summed E-state index contributed by atoms with van der Waals surface area (Å²) in [6, 6.07) is 6.96. The molecule has 0 spiro atoms. The van der Waals surface area contributed by atoms with Crippen molar-refractivity contribution in [3.05, 3.63) is 29.8 Å². The first-order valence-corrected chi connectivity index (χ1v) is 7.38. The summed E-state index contributed by atoms with van der Waals surface area (Å²) in [5.41, 5.74) is 0.714. The second-order valence-electron chi connectivity index (χ2n) is 5.76. The van der Waals surface area contributed by atoms with Gasteiger partial charge in [-0.1, -0.05) is 12.1 Å². The lowest BCUT2D eigenvalue weighted by molar-refractivity contribution is -0.125. The molecular weight excluding hydrogens is 284 g/mol. The van der Waals surface area contributed by atoms with Crippen LogP contribution in [0.4, 0.5) is 5.69 Å². The molecule has 1 aromatic carbocycles. The van der Waals surface area contributed by atoms with Crippen LogP contribution in [-0.2, 0) is 14.3 Å². The molecule has 0 saturated heterocycles. The Hall–Kier alpha value is -2.37. The van der Waals surface area contributed by atoms with Crippen molar-refractivity contribution < 1.29 is 19.1 Å². The van der Waals surface area contributed by atoms with Crippen LogP contribution in [0.5, 0.6) is 0 Å². The van der Waals surface area contributed by atoms with Gasteiger partial charge in [0, 0.05) is 6.04 Å². The normalized spacial score (nSPS) is 22.6. The lowest BCUT2D eigenvalue weighted by Crippen LogP contribution is -2.29. The second kappa shape index (κ2) is 5.79. The van der Waals surface area contributed by atoms with Gasteiger partial charge in [0.2, 0.25) is 11.8 Å². The number of ether oxygens (including phenoxy) is 1. The van der Waals surface area contributed by atoms with Crippen molar-refractivity contribution in [2.75, 3.05) is 12.4 Å². The molecule has 1 aromatic rings. The van der Waals surface area contributed by atoms with Crippen LogP contribution in [0.15, 0.2) is 24.3 Å². The first-order chi connectivity index (χ1) is 10.6. The fraction of sp³-hybridized carbons (Fsp3) is 0.438. The molecule has 2 aliphatic carbocycles. The topological polar surface area (TPSA) is 84.5 Å². The maximum absolute atomic E-state index is 12.2. The average molecular weight is 302 g/mol. The molecule has 2 saturated carbocycles. The zero-order chi connectivity index (χ0) is 15.7. The van der Waals surface area contributed by atoms with E-state index in [0.717, 1.165) is 12.8 Å². The van der Waals surface area contributed by atoms with E-state index in [0.29, 0.717) is 23.7 Å². The number of methoxy groups -OCH3 is 1. The van der Waals surface area contributed by atoms with E-state index in [-0.39, 0.29) is 23.7 Å². The summed E-state index contributed by atoms with van der Waals surface area (Å²) in [7, 11) is 1.29. The summed E-state index contributed by atoms with van der Waals surface area (Å²) in [6.07, 6.45) is 2.62. The highest BCUT2D eigenvalue weighted by atomic mass is 16.5. The van der Waals surface area contributed by atoms with Crippen LogP contribution in [-0.4, -0.2) is 30.9 Å². The van der Waals surface area contributed by atoms with E-state index in [1.807, 2.05) is 0 Å². The number of carbonyl (C=O) groups is 3. The predicted octanol–water partition coefficient (Wildman–Crippen LogP) is 1.33. The zero-order valence-corrected chi connectivity index (χ0v) is 12.3. The number of para-hydroxylation sites is 1. The molecule has 6 nitrogen and oxygen atoms in total. The quantitative estimate of drug-likeness (QED) is 0.804. The predicted molar refractivity (Wildman–Crippen MR) is 79.2 cm³/mol. The molecule has 2 aliphatic rings. The molecule has 2 atom stereocenters. The largest absolute Gasteiger partial charge is 0.465 e. The minimum atomic E-state index is -0.505. The van der Waals surface area contributed by atoms with Gasteiger partial charge in [-0.2, -0.15) is 0 Å². The molecular formula is C16H18N2O4. The van der Waals surface area contributed by atoms with Crippen molar-refractivity contribution in [3.63, 3.8) is 0 Å². The lowest BCUT2D eigenvalue weighted by atomic mass is 10.1. The molecule has 116 valence electrons. The molecule has 22 heavy (non-hydrogen) atoms. The van der Waals surface area contributed by atoms with Crippen LogP contribution in [0, 0.1) is 11.8 Å². The Morgan fingerprint density at radius 1 is 1.09 bits per heavy atom. The van der Waals surface area contributed by atoms with E-state index in [1.54, 1.807) is 24.3 Å². The average Bonchev–Trinajstić information content (AvgIpc) is 3.40. The zero-order valence-electron chi connectivity index (χ0n) is 12.3. The van der Waals surface area contributed by atoms with E-state index >= 15 is 0 Å². The molecule has 0 aliphatic heterocycles. The molecule has 3 rings (SSSR count). The van der Waals surface area contributed by atoms with E-state index < -0.39 is 5.97 Å². The number of esters is 1. The Balaban J connectivity index is 1.61. The summed E-state index contributed by atoms with van der Waals surface area (Å²) >= 11 is 0. The fourth-order valence-electron chi connectivity index (χ4n) is 2.42. The molecule has 0 heterocycles. The van der Waals surface area contributed by atoms with Crippen molar-refractivity contribution in [2.24, 2.45) is 11.8 Å². The summed E-state index contributed by atoms with van der Waals surface area (Å²) in [6.45, 7) is 0. The summed E-state index contributed by atoms with van der Waals surface area (Å²) in [4.78, 5) is 35.8. The number of anilines is 1. The van der Waals surface area contributed by atoms with Gasteiger partial charge in [0.25, 0.3) is 0 Å². The number of carbonyl (C=O) groups excluding carboxylic acids is 3. The monoisotopic (exact) mass is 302 g/mol. The van der Waals surface area contributed by atoms with Crippen molar-refractivity contribution in [1.82, 2.24) is 5.32 Å². The van der Waals surface area contributed by atoms with E-state index in [2.05, 4.69) is 10.6 Å². The van der Waals surface area contributed by atoms with Crippen LogP contribution < -0.4 is 10.6 Å². The Morgan fingerprint density at radius 3 is 2.45 bits per heavy atom. The fourth-order valence-corrected chi connectivity index (χ4v) is 2.42. The summed E-state index contributed by atoms with van der Waals surface area (Å²) < 4.78 is 4.69. The van der Waals surface area contributed by atoms with Gasteiger partial charge in [-0.25, -0.2) is 4.79 Å². The number of rotatable bonds is 5. The molecule has 0 bridgehead atoms. The summed E-state index contributed by atoms with van der Waals surface area (Å²) in [5.74, 6) is -1.33. The van der Waals surface area contributed by atoms with Gasteiger partial charge >= 0.3 is 5.97 Å². The Bertz CT molecular complexity index is 624.